The molecule has 0 saturated heterocycles. The van der Waals surface area contributed by atoms with E-state index in [1.807, 2.05) is 26.0 Å². The quantitative estimate of drug-likeness (QED) is 0.130. The largest absolute Gasteiger partial charge is 0.508 e. The summed E-state index contributed by atoms with van der Waals surface area (Å²) < 4.78 is 34.4. The molecule has 2 amide bonds. The number of aliphatic hydroxyl groups is 1. The summed E-state index contributed by atoms with van der Waals surface area (Å²) in [6.07, 6.45) is 4.05. The molecule has 0 aromatic heterocycles. The summed E-state index contributed by atoms with van der Waals surface area (Å²) in [5, 5.41) is 29.8. The van der Waals surface area contributed by atoms with E-state index in [-0.39, 0.29) is 29.1 Å². The SMILES string of the molecule is CCCCCCNC(=O)Nc1ccc(S(=O)(=O)Nc2ccc(CCNC3c4cc(O)ccc4OC(C)(C)C3O)cc2)cc1.Cl. The van der Waals surface area contributed by atoms with E-state index in [1.54, 1.807) is 42.5 Å². The third-order valence-electron chi connectivity index (χ3n) is 7.45. The van der Waals surface area contributed by atoms with Crippen molar-refractivity contribution in [2.45, 2.75) is 75.5 Å². The lowest BCUT2D eigenvalue weighted by atomic mass is 9.86. The average Bonchev–Trinajstić information content (AvgIpc) is 2.96. The number of hydrogen-bond acceptors (Lipinski definition) is 7. The zero-order valence-corrected chi connectivity index (χ0v) is 26.9. The predicted octanol–water partition coefficient (Wildman–Crippen LogP) is 5.72. The maximum atomic E-state index is 12.9. The standard InChI is InChI=1S/C32H42N4O6S.ClH/c1-4-5-6-7-19-34-31(39)35-23-12-15-26(16-13-23)43(40,41)36-24-10-8-22(9-11-24)18-20-33-29-27-21-25(37)14-17-28(27)42-32(2,3)30(29)38;/h8-17,21,29-30,33,36-38H,4-7,18-20H2,1-3H3,(H2,34,35,39);1H. The summed E-state index contributed by atoms with van der Waals surface area (Å²) in [5.41, 5.74) is 1.79. The number of halogens is 1. The van der Waals surface area contributed by atoms with Crippen molar-refractivity contribution in [1.29, 1.82) is 0 Å². The minimum Gasteiger partial charge on any atom is -0.508 e. The van der Waals surface area contributed by atoms with Crippen LogP contribution < -0.4 is 25.4 Å². The molecule has 1 heterocycles. The highest BCUT2D eigenvalue weighted by molar-refractivity contribution is 7.92. The number of phenolic OH excluding ortho intramolecular Hbond substituents is 1. The van der Waals surface area contributed by atoms with Crippen LogP contribution in [0.2, 0.25) is 0 Å². The molecule has 6 N–H and O–H groups in total. The Morgan fingerprint density at radius 1 is 0.932 bits per heavy atom. The van der Waals surface area contributed by atoms with Crippen molar-refractivity contribution in [3.05, 3.63) is 77.9 Å². The summed E-state index contributed by atoms with van der Waals surface area (Å²) in [6.45, 7) is 6.91. The van der Waals surface area contributed by atoms with E-state index >= 15 is 0 Å². The van der Waals surface area contributed by atoms with Gasteiger partial charge in [-0.2, -0.15) is 0 Å². The van der Waals surface area contributed by atoms with Gasteiger partial charge in [-0.1, -0.05) is 38.3 Å². The van der Waals surface area contributed by atoms with Gasteiger partial charge in [0, 0.05) is 23.5 Å². The number of unbranched alkanes of at least 4 members (excludes halogenated alkanes) is 3. The number of urea groups is 1. The molecule has 0 radical (unpaired) electrons. The topological polar surface area (TPSA) is 149 Å². The lowest BCUT2D eigenvalue weighted by Crippen LogP contribution is -2.52. The minimum absolute atomic E-state index is 0. The highest BCUT2D eigenvalue weighted by atomic mass is 35.5. The molecule has 0 saturated carbocycles. The van der Waals surface area contributed by atoms with Gasteiger partial charge in [-0.25, -0.2) is 13.2 Å². The third-order valence-corrected chi connectivity index (χ3v) is 8.85. The molecule has 44 heavy (non-hydrogen) atoms. The lowest BCUT2D eigenvalue weighted by Gasteiger charge is -2.42. The molecule has 240 valence electrons. The molecule has 4 rings (SSSR count). The first-order valence-electron chi connectivity index (χ1n) is 14.7. The van der Waals surface area contributed by atoms with E-state index in [4.69, 9.17) is 4.74 Å². The van der Waals surface area contributed by atoms with Gasteiger partial charge >= 0.3 is 6.03 Å². The Morgan fingerprint density at radius 3 is 2.30 bits per heavy atom. The Labute approximate surface area is 266 Å². The number of rotatable bonds is 13. The second-order valence-electron chi connectivity index (χ2n) is 11.3. The summed E-state index contributed by atoms with van der Waals surface area (Å²) in [7, 11) is -3.83. The number of phenols is 1. The maximum Gasteiger partial charge on any atom is 0.319 e. The van der Waals surface area contributed by atoms with Crippen molar-refractivity contribution in [2.75, 3.05) is 23.1 Å². The zero-order chi connectivity index (χ0) is 31.0. The normalized spacial score (nSPS) is 17.0. The molecule has 3 aromatic rings. The van der Waals surface area contributed by atoms with Crippen molar-refractivity contribution in [3.63, 3.8) is 0 Å². The summed E-state index contributed by atoms with van der Waals surface area (Å²) >= 11 is 0. The number of benzene rings is 3. The molecular formula is C32H43ClN4O6S. The minimum atomic E-state index is -3.83. The second kappa shape index (κ2) is 15.5. The fourth-order valence-corrected chi connectivity index (χ4v) is 6.04. The van der Waals surface area contributed by atoms with Gasteiger partial charge in [-0.05, 0) is 93.4 Å². The molecule has 0 aliphatic carbocycles. The fourth-order valence-electron chi connectivity index (χ4n) is 4.98. The smallest absolute Gasteiger partial charge is 0.319 e. The molecule has 0 bridgehead atoms. The van der Waals surface area contributed by atoms with Crippen LogP contribution in [0.4, 0.5) is 16.2 Å². The van der Waals surface area contributed by atoms with E-state index in [1.165, 1.54) is 12.1 Å². The first kappa shape index (κ1) is 35.0. The summed E-state index contributed by atoms with van der Waals surface area (Å²) in [5.74, 6) is 0.717. The van der Waals surface area contributed by atoms with Crippen LogP contribution in [0.25, 0.3) is 0 Å². The van der Waals surface area contributed by atoms with Gasteiger partial charge < -0.3 is 30.9 Å². The highest BCUT2D eigenvalue weighted by Gasteiger charge is 2.42. The number of aromatic hydroxyl groups is 1. The van der Waals surface area contributed by atoms with E-state index in [0.717, 1.165) is 31.2 Å². The van der Waals surface area contributed by atoms with Crippen LogP contribution in [0.15, 0.2) is 71.6 Å². The summed E-state index contributed by atoms with van der Waals surface area (Å²) in [4.78, 5) is 12.1. The van der Waals surface area contributed by atoms with Gasteiger partial charge in [0.25, 0.3) is 10.0 Å². The number of carbonyl (C=O) groups excluding carboxylic acids is 1. The summed E-state index contributed by atoms with van der Waals surface area (Å²) in [6, 6.07) is 17.2. The third kappa shape index (κ3) is 9.25. The number of amides is 2. The Balaban J connectivity index is 0.00000529. The fraction of sp³-hybridized carbons (Fsp3) is 0.406. The van der Waals surface area contributed by atoms with Gasteiger partial charge in [0.2, 0.25) is 0 Å². The molecular weight excluding hydrogens is 604 g/mol. The average molecular weight is 647 g/mol. The number of aliphatic hydroxyl groups excluding tert-OH is 1. The van der Waals surface area contributed by atoms with E-state index in [9.17, 15) is 23.4 Å². The molecule has 1 aliphatic rings. The van der Waals surface area contributed by atoms with Crippen LogP contribution in [-0.2, 0) is 16.4 Å². The number of ether oxygens (including phenoxy) is 1. The van der Waals surface area contributed by atoms with Crippen LogP contribution in [0, 0.1) is 0 Å². The van der Waals surface area contributed by atoms with E-state index < -0.39 is 27.8 Å². The van der Waals surface area contributed by atoms with Gasteiger partial charge in [0.1, 0.15) is 23.2 Å². The molecule has 10 nitrogen and oxygen atoms in total. The Kier molecular flexibility index (Phi) is 12.3. The number of fused-ring (bicyclic) bond motifs is 1. The lowest BCUT2D eigenvalue weighted by molar-refractivity contribution is -0.0644. The van der Waals surface area contributed by atoms with Crippen LogP contribution in [0.1, 0.15) is 63.6 Å². The van der Waals surface area contributed by atoms with Crippen LogP contribution in [0.5, 0.6) is 11.5 Å². The molecule has 2 atom stereocenters. The van der Waals surface area contributed by atoms with Gasteiger partial charge in [0.05, 0.1) is 10.9 Å². The van der Waals surface area contributed by atoms with Crippen molar-refractivity contribution < 1.29 is 28.2 Å². The first-order valence-corrected chi connectivity index (χ1v) is 16.2. The predicted molar refractivity (Wildman–Crippen MR) is 175 cm³/mol. The number of hydrogen-bond donors (Lipinski definition) is 6. The maximum absolute atomic E-state index is 12.9. The van der Waals surface area contributed by atoms with Crippen LogP contribution in [0.3, 0.4) is 0 Å². The van der Waals surface area contributed by atoms with Crippen molar-refractivity contribution in [1.82, 2.24) is 10.6 Å². The number of anilines is 2. The molecule has 12 heteroatoms. The van der Waals surface area contributed by atoms with Crippen LogP contribution >= 0.6 is 12.4 Å². The number of carbonyl (C=O) groups is 1. The molecule has 0 spiro atoms. The van der Waals surface area contributed by atoms with Crippen molar-refractivity contribution in [3.8, 4) is 11.5 Å². The second-order valence-corrected chi connectivity index (χ2v) is 13.0. The van der Waals surface area contributed by atoms with Gasteiger partial charge in [0.15, 0.2) is 0 Å². The van der Waals surface area contributed by atoms with E-state index in [0.29, 0.717) is 42.2 Å². The van der Waals surface area contributed by atoms with E-state index in [2.05, 4.69) is 27.6 Å². The Hall–Kier alpha value is -3.51. The van der Waals surface area contributed by atoms with Crippen LogP contribution in [-0.4, -0.2) is 49.5 Å². The highest BCUT2D eigenvalue weighted by Crippen LogP contribution is 2.41. The number of nitrogens with one attached hydrogen (secondary N) is 4. The molecule has 1 aliphatic heterocycles. The van der Waals surface area contributed by atoms with Gasteiger partial charge in [-0.3, -0.25) is 4.72 Å². The van der Waals surface area contributed by atoms with Gasteiger partial charge in [-0.15, -0.1) is 12.4 Å². The zero-order valence-electron chi connectivity index (χ0n) is 25.3. The van der Waals surface area contributed by atoms with Crippen molar-refractivity contribution in [2.24, 2.45) is 0 Å². The number of sulfonamides is 1. The molecule has 2 unspecified atom stereocenters. The Morgan fingerprint density at radius 2 is 1.61 bits per heavy atom. The molecule has 3 aromatic carbocycles. The van der Waals surface area contributed by atoms with Crippen molar-refractivity contribution >= 4 is 39.8 Å². The molecule has 0 fully saturated rings. The Bertz CT molecular complexity index is 1480. The first-order chi connectivity index (χ1) is 20.5. The monoisotopic (exact) mass is 646 g/mol.